The molecule has 7 nitrogen and oxygen atoms in total. The summed E-state index contributed by atoms with van der Waals surface area (Å²) in [6, 6.07) is 7.56. The molecular formula is C20H31NO6S. The van der Waals surface area contributed by atoms with E-state index in [9.17, 15) is 18.3 Å². The Bertz CT molecular complexity index is 732. The second kappa shape index (κ2) is 12.5. The van der Waals surface area contributed by atoms with Crippen molar-refractivity contribution in [1.82, 2.24) is 4.31 Å². The third-order valence-electron chi connectivity index (χ3n) is 4.08. The van der Waals surface area contributed by atoms with Crippen molar-refractivity contribution in [2.45, 2.75) is 45.1 Å². The van der Waals surface area contributed by atoms with Gasteiger partial charge in [-0.05, 0) is 50.3 Å². The number of carboxylic acid groups (broad SMARTS) is 1. The summed E-state index contributed by atoms with van der Waals surface area (Å²) in [5.41, 5.74) is 1.08. The fourth-order valence-corrected chi connectivity index (χ4v) is 3.38. The van der Waals surface area contributed by atoms with Crippen LogP contribution in [0, 0.1) is 6.92 Å². The zero-order chi connectivity index (χ0) is 21.0. The molecule has 158 valence electrons. The smallest absolute Gasteiger partial charge is 0.303 e. The zero-order valence-corrected chi connectivity index (χ0v) is 17.4. The number of aliphatic hydroxyl groups excluding tert-OH is 1. The number of sulfonamides is 1. The highest BCUT2D eigenvalue weighted by Crippen LogP contribution is 2.13. The summed E-state index contributed by atoms with van der Waals surface area (Å²) in [6.07, 6.45) is 6.18. The molecule has 0 heterocycles. The van der Waals surface area contributed by atoms with Crippen LogP contribution in [0.3, 0.4) is 0 Å². The van der Waals surface area contributed by atoms with E-state index < -0.39 is 22.1 Å². The fourth-order valence-electron chi connectivity index (χ4n) is 2.56. The molecule has 2 N–H and O–H groups in total. The Kier molecular flexibility index (Phi) is 10.8. The summed E-state index contributed by atoms with van der Waals surface area (Å²) >= 11 is 0. The SMILES string of the molecule is Cc1cccc(OCC(O)CCCN(CC=CCCCC(=O)O)S(C)(=O)=O)c1. The molecule has 0 bridgehead atoms. The van der Waals surface area contributed by atoms with E-state index in [4.69, 9.17) is 9.84 Å². The van der Waals surface area contributed by atoms with Crippen molar-refractivity contribution in [3.8, 4) is 5.75 Å². The van der Waals surface area contributed by atoms with E-state index in [1.54, 1.807) is 12.2 Å². The van der Waals surface area contributed by atoms with Crippen LogP contribution in [0.25, 0.3) is 0 Å². The van der Waals surface area contributed by atoms with Gasteiger partial charge in [0.2, 0.25) is 10.0 Å². The molecule has 28 heavy (non-hydrogen) atoms. The van der Waals surface area contributed by atoms with Crippen LogP contribution in [0.15, 0.2) is 36.4 Å². The molecule has 0 aliphatic rings. The molecule has 1 rings (SSSR count). The van der Waals surface area contributed by atoms with Gasteiger partial charge in [0.15, 0.2) is 0 Å². The van der Waals surface area contributed by atoms with E-state index in [1.165, 1.54) is 4.31 Å². The molecule has 0 radical (unpaired) electrons. The van der Waals surface area contributed by atoms with Crippen molar-refractivity contribution in [2.75, 3.05) is 26.0 Å². The summed E-state index contributed by atoms with van der Waals surface area (Å²) in [5.74, 6) is -0.138. The normalized spacial score (nSPS) is 13.1. The van der Waals surface area contributed by atoms with Crippen LogP contribution in [0.1, 0.15) is 37.7 Å². The molecule has 1 unspecified atom stereocenters. The van der Waals surface area contributed by atoms with Gasteiger partial charge >= 0.3 is 5.97 Å². The zero-order valence-electron chi connectivity index (χ0n) is 16.6. The van der Waals surface area contributed by atoms with Gasteiger partial charge in [0.25, 0.3) is 0 Å². The molecule has 0 aliphatic carbocycles. The average molecular weight is 414 g/mol. The molecule has 1 aromatic rings. The topological polar surface area (TPSA) is 104 Å². The molecule has 0 saturated heterocycles. The molecule has 0 fully saturated rings. The summed E-state index contributed by atoms with van der Waals surface area (Å²) in [6.45, 7) is 2.66. The van der Waals surface area contributed by atoms with Crippen molar-refractivity contribution in [3.63, 3.8) is 0 Å². The molecule has 8 heteroatoms. The number of unbranched alkanes of at least 4 members (excludes halogenated alkanes) is 1. The maximum absolute atomic E-state index is 11.9. The molecular weight excluding hydrogens is 382 g/mol. The van der Waals surface area contributed by atoms with Crippen LogP contribution in [0.2, 0.25) is 0 Å². The predicted octanol–water partition coefficient (Wildman–Crippen LogP) is 2.59. The van der Waals surface area contributed by atoms with Gasteiger partial charge in [-0.2, -0.15) is 4.31 Å². The van der Waals surface area contributed by atoms with E-state index in [0.29, 0.717) is 38.0 Å². The second-order valence-electron chi connectivity index (χ2n) is 6.80. The number of allylic oxidation sites excluding steroid dienone is 1. The number of hydrogen-bond acceptors (Lipinski definition) is 5. The monoisotopic (exact) mass is 413 g/mol. The van der Waals surface area contributed by atoms with Gasteiger partial charge in [-0.3, -0.25) is 4.79 Å². The van der Waals surface area contributed by atoms with Crippen LogP contribution >= 0.6 is 0 Å². The maximum Gasteiger partial charge on any atom is 0.303 e. The van der Waals surface area contributed by atoms with Crippen LogP contribution in [0.4, 0.5) is 0 Å². The lowest BCUT2D eigenvalue weighted by molar-refractivity contribution is -0.137. The Labute approximate surface area is 167 Å². The highest BCUT2D eigenvalue weighted by Gasteiger charge is 2.15. The predicted molar refractivity (Wildman–Crippen MR) is 109 cm³/mol. The first-order valence-corrected chi connectivity index (χ1v) is 11.2. The molecule has 0 aliphatic heterocycles. The number of rotatable bonds is 14. The highest BCUT2D eigenvalue weighted by molar-refractivity contribution is 7.88. The number of aliphatic carboxylic acids is 1. The number of nitrogens with zero attached hydrogens (tertiary/aromatic N) is 1. The third kappa shape index (κ3) is 11.1. The largest absolute Gasteiger partial charge is 0.491 e. The van der Waals surface area contributed by atoms with Crippen LogP contribution < -0.4 is 4.74 Å². The van der Waals surface area contributed by atoms with Crippen molar-refractivity contribution in [3.05, 3.63) is 42.0 Å². The van der Waals surface area contributed by atoms with Crippen LogP contribution in [0.5, 0.6) is 5.75 Å². The van der Waals surface area contributed by atoms with Crippen molar-refractivity contribution >= 4 is 16.0 Å². The average Bonchev–Trinajstić information content (AvgIpc) is 2.60. The van der Waals surface area contributed by atoms with Gasteiger partial charge in [0, 0.05) is 19.5 Å². The number of benzene rings is 1. The van der Waals surface area contributed by atoms with E-state index >= 15 is 0 Å². The minimum absolute atomic E-state index is 0.0998. The minimum atomic E-state index is -3.35. The Morgan fingerprint density at radius 2 is 2.04 bits per heavy atom. The molecule has 0 amide bonds. The van der Waals surface area contributed by atoms with Gasteiger partial charge in [-0.1, -0.05) is 24.3 Å². The first-order valence-electron chi connectivity index (χ1n) is 9.38. The lowest BCUT2D eigenvalue weighted by Gasteiger charge is -2.19. The summed E-state index contributed by atoms with van der Waals surface area (Å²) in [4.78, 5) is 10.4. The van der Waals surface area contributed by atoms with E-state index in [1.807, 2.05) is 31.2 Å². The summed E-state index contributed by atoms with van der Waals surface area (Å²) in [7, 11) is -3.35. The number of hydrogen-bond donors (Lipinski definition) is 2. The van der Waals surface area contributed by atoms with E-state index in [2.05, 4.69) is 0 Å². The van der Waals surface area contributed by atoms with Gasteiger partial charge in [-0.25, -0.2) is 8.42 Å². The number of aliphatic hydroxyl groups is 1. The van der Waals surface area contributed by atoms with Crippen molar-refractivity contribution in [1.29, 1.82) is 0 Å². The van der Waals surface area contributed by atoms with E-state index in [-0.39, 0.29) is 19.6 Å². The number of carbonyl (C=O) groups is 1. The van der Waals surface area contributed by atoms with Gasteiger partial charge < -0.3 is 14.9 Å². The van der Waals surface area contributed by atoms with Gasteiger partial charge in [0.1, 0.15) is 12.4 Å². The van der Waals surface area contributed by atoms with Crippen LogP contribution in [-0.4, -0.2) is 61.0 Å². The number of carboxylic acids is 1. The molecule has 1 aromatic carbocycles. The summed E-state index contributed by atoms with van der Waals surface area (Å²) < 4.78 is 30.7. The Hall–Kier alpha value is -1.90. The lowest BCUT2D eigenvalue weighted by atomic mass is 10.2. The highest BCUT2D eigenvalue weighted by atomic mass is 32.2. The van der Waals surface area contributed by atoms with E-state index in [0.717, 1.165) is 11.8 Å². The standard InChI is InChI=1S/C20H31NO6S/c1-17-9-7-11-19(15-17)27-16-18(22)10-8-14-21(28(2,25)26)13-6-4-3-5-12-20(23)24/h4,6-7,9,11,15,18,22H,3,5,8,10,12-14,16H2,1-2H3,(H,23,24). The Morgan fingerprint density at radius 1 is 1.29 bits per heavy atom. The fraction of sp³-hybridized carbons (Fsp3) is 0.550. The Balaban J connectivity index is 2.34. The van der Waals surface area contributed by atoms with Crippen molar-refractivity contribution in [2.24, 2.45) is 0 Å². The summed E-state index contributed by atoms with van der Waals surface area (Å²) in [5, 5.41) is 18.6. The first-order chi connectivity index (χ1) is 13.2. The molecule has 0 spiro atoms. The minimum Gasteiger partial charge on any atom is -0.491 e. The van der Waals surface area contributed by atoms with Crippen LogP contribution in [-0.2, 0) is 14.8 Å². The van der Waals surface area contributed by atoms with Gasteiger partial charge in [-0.15, -0.1) is 0 Å². The van der Waals surface area contributed by atoms with Crippen molar-refractivity contribution < 1.29 is 28.2 Å². The quantitative estimate of drug-likeness (QED) is 0.359. The maximum atomic E-state index is 11.9. The first kappa shape index (κ1) is 24.1. The van der Waals surface area contributed by atoms with Gasteiger partial charge in [0.05, 0.1) is 12.4 Å². The number of ether oxygens (including phenoxy) is 1. The second-order valence-corrected chi connectivity index (χ2v) is 8.78. The Morgan fingerprint density at radius 3 is 2.68 bits per heavy atom. The molecule has 1 atom stereocenters. The lowest BCUT2D eigenvalue weighted by Crippen LogP contribution is -2.32. The molecule has 0 aromatic heterocycles. The molecule has 0 saturated carbocycles. The third-order valence-corrected chi connectivity index (χ3v) is 5.35. The number of aryl methyl sites for hydroxylation is 1.